The number of halogens is 1. The number of rotatable bonds is 0. The molecule has 1 aliphatic heterocycles. The fraction of sp³-hybridized carbons (Fsp3) is 0.333. The molecule has 1 N–H and O–H groups in total. The molecule has 4 heteroatoms. The normalized spacial score (nSPS) is 18.2. The zero-order valence-electron chi connectivity index (χ0n) is 7.39. The Morgan fingerprint density at radius 3 is 2.85 bits per heavy atom. The molecule has 0 aromatic carbocycles. The van der Waals surface area contributed by atoms with Gasteiger partial charge in [0.25, 0.3) is 0 Å². The summed E-state index contributed by atoms with van der Waals surface area (Å²) in [6.45, 7) is 3.67. The summed E-state index contributed by atoms with van der Waals surface area (Å²) in [5.74, 6) is -0.0302. The first-order valence-corrected chi connectivity index (χ1v) is 4.37. The third-order valence-electron chi connectivity index (χ3n) is 2.35. The standard InChI is InChI=1S/C9H9ClN2O/c1-9(2)6-5(12-8(9)13)3-4-11-7(6)10/h3-4H,1-2H3,(H,12,13). The maximum absolute atomic E-state index is 11.5. The van der Waals surface area contributed by atoms with Crippen molar-refractivity contribution in [3.8, 4) is 0 Å². The van der Waals surface area contributed by atoms with Gasteiger partial charge in [0.1, 0.15) is 5.15 Å². The van der Waals surface area contributed by atoms with E-state index in [9.17, 15) is 4.79 Å². The summed E-state index contributed by atoms with van der Waals surface area (Å²) in [5, 5.41) is 3.17. The molecule has 2 rings (SSSR count). The van der Waals surface area contributed by atoms with E-state index >= 15 is 0 Å². The molecule has 0 fully saturated rings. The Kier molecular flexibility index (Phi) is 1.60. The second-order valence-corrected chi connectivity index (χ2v) is 3.96. The van der Waals surface area contributed by atoms with E-state index in [0.29, 0.717) is 5.15 Å². The van der Waals surface area contributed by atoms with Crippen molar-refractivity contribution in [1.82, 2.24) is 4.98 Å². The number of fused-ring (bicyclic) bond motifs is 1. The van der Waals surface area contributed by atoms with Gasteiger partial charge in [0.05, 0.1) is 5.41 Å². The molecule has 1 aromatic heterocycles. The summed E-state index contributed by atoms with van der Waals surface area (Å²) in [6, 6.07) is 1.76. The van der Waals surface area contributed by atoms with Gasteiger partial charge in [-0.2, -0.15) is 0 Å². The van der Waals surface area contributed by atoms with Crippen LogP contribution in [0, 0.1) is 0 Å². The number of pyridine rings is 1. The number of aromatic nitrogens is 1. The molecule has 0 atom stereocenters. The molecule has 0 spiro atoms. The molecule has 1 aromatic rings. The quantitative estimate of drug-likeness (QED) is 0.645. The summed E-state index contributed by atoms with van der Waals surface area (Å²) in [7, 11) is 0. The van der Waals surface area contributed by atoms with Gasteiger partial charge in [-0.3, -0.25) is 4.79 Å². The van der Waals surface area contributed by atoms with Crippen molar-refractivity contribution in [3.63, 3.8) is 0 Å². The number of anilines is 1. The van der Waals surface area contributed by atoms with E-state index in [0.717, 1.165) is 11.3 Å². The summed E-state index contributed by atoms with van der Waals surface area (Å²) in [4.78, 5) is 15.5. The summed E-state index contributed by atoms with van der Waals surface area (Å²) < 4.78 is 0. The van der Waals surface area contributed by atoms with E-state index < -0.39 is 5.41 Å². The Morgan fingerprint density at radius 1 is 1.54 bits per heavy atom. The summed E-state index contributed by atoms with van der Waals surface area (Å²) in [6.07, 6.45) is 1.59. The van der Waals surface area contributed by atoms with Crippen LogP contribution in [0.5, 0.6) is 0 Å². The van der Waals surface area contributed by atoms with E-state index in [-0.39, 0.29) is 5.91 Å². The largest absolute Gasteiger partial charge is 0.325 e. The molecular formula is C9H9ClN2O. The average Bonchev–Trinajstić information content (AvgIpc) is 2.24. The van der Waals surface area contributed by atoms with Gasteiger partial charge < -0.3 is 5.32 Å². The first-order chi connectivity index (χ1) is 6.03. The lowest BCUT2D eigenvalue weighted by atomic mass is 9.87. The van der Waals surface area contributed by atoms with Crippen molar-refractivity contribution in [2.45, 2.75) is 19.3 Å². The van der Waals surface area contributed by atoms with Crippen molar-refractivity contribution in [1.29, 1.82) is 0 Å². The van der Waals surface area contributed by atoms with Gasteiger partial charge in [-0.15, -0.1) is 0 Å². The van der Waals surface area contributed by atoms with Crippen LogP contribution in [0.1, 0.15) is 19.4 Å². The lowest BCUT2D eigenvalue weighted by molar-refractivity contribution is -0.119. The molecule has 0 saturated carbocycles. The smallest absolute Gasteiger partial charge is 0.234 e. The fourth-order valence-corrected chi connectivity index (χ4v) is 1.92. The Morgan fingerprint density at radius 2 is 2.23 bits per heavy atom. The van der Waals surface area contributed by atoms with Gasteiger partial charge in [0, 0.05) is 17.4 Å². The molecule has 1 amide bonds. The minimum absolute atomic E-state index is 0.0302. The topological polar surface area (TPSA) is 42.0 Å². The molecule has 1 aliphatic rings. The molecular weight excluding hydrogens is 188 g/mol. The molecule has 0 radical (unpaired) electrons. The highest BCUT2D eigenvalue weighted by molar-refractivity contribution is 6.31. The predicted molar refractivity (Wildman–Crippen MR) is 50.9 cm³/mol. The summed E-state index contributed by atoms with van der Waals surface area (Å²) in [5.41, 5.74) is 0.998. The second-order valence-electron chi connectivity index (χ2n) is 3.60. The van der Waals surface area contributed by atoms with Gasteiger partial charge in [0.2, 0.25) is 5.91 Å². The molecule has 2 heterocycles. The third kappa shape index (κ3) is 1.04. The van der Waals surface area contributed by atoms with Crippen LogP contribution in [0.3, 0.4) is 0 Å². The monoisotopic (exact) mass is 196 g/mol. The maximum Gasteiger partial charge on any atom is 0.234 e. The highest BCUT2D eigenvalue weighted by atomic mass is 35.5. The van der Waals surface area contributed by atoms with Crippen molar-refractivity contribution in [2.24, 2.45) is 0 Å². The first-order valence-electron chi connectivity index (χ1n) is 4.00. The number of amides is 1. The zero-order chi connectivity index (χ0) is 9.64. The molecule has 0 aliphatic carbocycles. The number of nitrogens with zero attached hydrogens (tertiary/aromatic N) is 1. The number of hydrogen-bond donors (Lipinski definition) is 1. The van der Waals surface area contributed by atoms with Crippen LogP contribution in [0.2, 0.25) is 5.15 Å². The van der Waals surface area contributed by atoms with Crippen LogP contribution in [-0.2, 0) is 10.2 Å². The highest BCUT2D eigenvalue weighted by Crippen LogP contribution is 2.40. The molecule has 0 bridgehead atoms. The van der Waals surface area contributed by atoms with E-state index in [4.69, 9.17) is 11.6 Å². The Labute approximate surface area is 81.1 Å². The molecule has 68 valence electrons. The van der Waals surface area contributed by atoms with E-state index in [1.54, 1.807) is 12.3 Å². The third-order valence-corrected chi connectivity index (χ3v) is 2.63. The van der Waals surface area contributed by atoms with Crippen LogP contribution in [0.25, 0.3) is 0 Å². The summed E-state index contributed by atoms with van der Waals surface area (Å²) >= 11 is 5.92. The Hall–Kier alpha value is -1.09. The van der Waals surface area contributed by atoms with Crippen molar-refractivity contribution < 1.29 is 4.79 Å². The number of carbonyl (C=O) groups excluding carboxylic acids is 1. The average molecular weight is 197 g/mol. The van der Waals surface area contributed by atoms with Gasteiger partial charge in [-0.25, -0.2) is 4.98 Å². The zero-order valence-corrected chi connectivity index (χ0v) is 8.14. The molecule has 3 nitrogen and oxygen atoms in total. The van der Waals surface area contributed by atoms with Crippen LogP contribution in [-0.4, -0.2) is 10.9 Å². The highest BCUT2D eigenvalue weighted by Gasteiger charge is 2.40. The number of nitrogens with one attached hydrogen (secondary N) is 1. The van der Waals surface area contributed by atoms with Gasteiger partial charge in [0.15, 0.2) is 0 Å². The van der Waals surface area contributed by atoms with Gasteiger partial charge in [-0.05, 0) is 19.9 Å². The lowest BCUT2D eigenvalue weighted by Gasteiger charge is -2.15. The SMILES string of the molecule is CC1(C)C(=O)Nc2ccnc(Cl)c21. The van der Waals surface area contributed by atoms with Crippen molar-refractivity contribution in [3.05, 3.63) is 23.0 Å². The van der Waals surface area contributed by atoms with Gasteiger partial charge >= 0.3 is 0 Å². The predicted octanol–water partition coefficient (Wildman–Crippen LogP) is 1.96. The minimum atomic E-state index is -0.569. The van der Waals surface area contributed by atoms with Crippen LogP contribution in [0.4, 0.5) is 5.69 Å². The molecule has 0 unspecified atom stereocenters. The Balaban J connectivity index is 2.70. The fourth-order valence-electron chi connectivity index (χ4n) is 1.53. The number of carbonyl (C=O) groups is 1. The van der Waals surface area contributed by atoms with Crippen molar-refractivity contribution >= 4 is 23.2 Å². The molecule has 0 saturated heterocycles. The second kappa shape index (κ2) is 2.45. The van der Waals surface area contributed by atoms with E-state index in [2.05, 4.69) is 10.3 Å². The van der Waals surface area contributed by atoms with E-state index in [1.165, 1.54) is 0 Å². The van der Waals surface area contributed by atoms with Crippen LogP contribution >= 0.6 is 11.6 Å². The van der Waals surface area contributed by atoms with Crippen LogP contribution < -0.4 is 5.32 Å². The van der Waals surface area contributed by atoms with E-state index in [1.807, 2.05) is 13.8 Å². The van der Waals surface area contributed by atoms with Crippen molar-refractivity contribution in [2.75, 3.05) is 5.32 Å². The minimum Gasteiger partial charge on any atom is -0.325 e. The van der Waals surface area contributed by atoms with Gasteiger partial charge in [-0.1, -0.05) is 11.6 Å². The molecule has 13 heavy (non-hydrogen) atoms. The number of hydrogen-bond acceptors (Lipinski definition) is 2. The van der Waals surface area contributed by atoms with Crippen LogP contribution in [0.15, 0.2) is 12.3 Å². The first kappa shape index (κ1) is 8.51. The maximum atomic E-state index is 11.5. The Bertz CT molecular complexity index is 387. The lowest BCUT2D eigenvalue weighted by Crippen LogP contribution is -2.27.